The first kappa shape index (κ1) is 29.0. The van der Waals surface area contributed by atoms with Gasteiger partial charge in [0.25, 0.3) is 0 Å². The minimum absolute atomic E-state index is 0.550. The number of carboxylic acids is 1. The number of aliphatic carboxylic acids is 1. The molecule has 3 heterocycles. The molecule has 1 unspecified atom stereocenters. The molecule has 0 amide bonds. The molecule has 2 aromatic heterocycles. The fraction of sp³-hybridized carbons (Fsp3) is 0.433. The van der Waals surface area contributed by atoms with E-state index in [9.17, 15) is 9.90 Å². The van der Waals surface area contributed by atoms with Crippen LogP contribution in [0.4, 0.5) is 5.13 Å². The minimum atomic E-state index is -1.14. The van der Waals surface area contributed by atoms with Gasteiger partial charge in [0.1, 0.15) is 10.7 Å². The van der Waals surface area contributed by atoms with E-state index >= 15 is 0 Å². The first-order valence-electron chi connectivity index (χ1n) is 13.5. The normalized spacial score (nSPS) is 15.8. The Bertz CT molecular complexity index is 1520. The number of thiazole rings is 2. The quantitative estimate of drug-likeness (QED) is 0.236. The highest BCUT2D eigenvalue weighted by Crippen LogP contribution is 2.44. The minimum Gasteiger partial charge on any atom is -0.479 e. The van der Waals surface area contributed by atoms with Gasteiger partial charge in [0.15, 0.2) is 11.2 Å². The Labute approximate surface area is 248 Å². The third-order valence-electron chi connectivity index (χ3n) is 7.04. The molecule has 40 heavy (non-hydrogen) atoms. The lowest BCUT2D eigenvalue weighted by Gasteiger charge is -2.36. The molecule has 4 aromatic rings. The van der Waals surface area contributed by atoms with Gasteiger partial charge in [0.2, 0.25) is 0 Å². The van der Waals surface area contributed by atoms with Crippen molar-refractivity contribution in [3.05, 3.63) is 51.9 Å². The third kappa shape index (κ3) is 6.04. The third-order valence-corrected chi connectivity index (χ3v) is 9.31. The van der Waals surface area contributed by atoms with E-state index in [4.69, 9.17) is 26.3 Å². The van der Waals surface area contributed by atoms with Crippen LogP contribution in [0.15, 0.2) is 35.7 Å². The number of rotatable bonds is 7. The van der Waals surface area contributed by atoms with Crippen molar-refractivity contribution in [2.45, 2.75) is 59.3 Å². The summed E-state index contributed by atoms with van der Waals surface area (Å²) in [7, 11) is 0. The number of hydrogen-bond donors (Lipinski definition) is 1. The smallest absolute Gasteiger partial charge is 0.337 e. The number of piperazine rings is 1. The fourth-order valence-corrected chi connectivity index (χ4v) is 7.24. The number of aromatic nitrogens is 2. The highest BCUT2D eigenvalue weighted by atomic mass is 35.5. The van der Waals surface area contributed by atoms with Crippen LogP contribution in [-0.4, -0.2) is 63.8 Å². The van der Waals surface area contributed by atoms with E-state index in [1.165, 1.54) is 11.3 Å². The van der Waals surface area contributed by atoms with Crippen molar-refractivity contribution in [2.24, 2.45) is 0 Å². The maximum atomic E-state index is 12.6. The molecule has 1 aliphatic heterocycles. The van der Waals surface area contributed by atoms with Crippen molar-refractivity contribution in [1.82, 2.24) is 14.9 Å². The van der Waals surface area contributed by atoms with E-state index in [-0.39, 0.29) is 0 Å². The van der Waals surface area contributed by atoms with Crippen molar-refractivity contribution in [2.75, 3.05) is 31.1 Å². The molecule has 1 saturated heterocycles. The molecule has 0 bridgehead atoms. The van der Waals surface area contributed by atoms with Crippen LogP contribution < -0.4 is 4.90 Å². The number of aryl methyl sites for hydroxylation is 1. The number of carboxylic acid groups (broad SMARTS) is 1. The lowest BCUT2D eigenvalue weighted by atomic mass is 9.91. The molecule has 1 N–H and O–H groups in total. The van der Waals surface area contributed by atoms with Crippen LogP contribution in [0.3, 0.4) is 0 Å². The molecule has 0 saturated carbocycles. The first-order valence-corrected chi connectivity index (χ1v) is 15.5. The lowest BCUT2D eigenvalue weighted by molar-refractivity contribution is -0.160. The molecular formula is C30H35ClN4O3S2. The summed E-state index contributed by atoms with van der Waals surface area (Å²) < 4.78 is 7.03. The molecule has 1 aliphatic rings. The summed E-state index contributed by atoms with van der Waals surface area (Å²) in [6.07, 6.45) is -1.14. The van der Waals surface area contributed by atoms with Crippen LogP contribution in [0, 0.1) is 6.92 Å². The van der Waals surface area contributed by atoms with Crippen LogP contribution >= 0.6 is 34.3 Å². The summed E-state index contributed by atoms with van der Waals surface area (Å²) in [6.45, 7) is 16.0. The summed E-state index contributed by atoms with van der Waals surface area (Å²) in [4.78, 5) is 27.4. The van der Waals surface area contributed by atoms with Crippen molar-refractivity contribution in [3.63, 3.8) is 0 Å². The molecule has 7 nitrogen and oxygen atoms in total. The standard InChI is InChI=1S/C30H35ClN4O3S2/c1-17(2)34-11-13-35(14-12-34)29-33-22(16-39-29)27-32-21-15-18(3)23(25(28(36)37)38-30(4,5)6)24(26(21)40-27)19-7-9-20(31)10-8-19/h7-10,15-17,25H,11-14H2,1-6H3,(H,36,37). The Hall–Kier alpha value is -2.56. The van der Waals surface area contributed by atoms with E-state index in [1.54, 1.807) is 11.3 Å². The summed E-state index contributed by atoms with van der Waals surface area (Å²) in [6, 6.07) is 10.0. The van der Waals surface area contributed by atoms with Gasteiger partial charge in [-0.1, -0.05) is 23.7 Å². The second kappa shape index (κ2) is 11.4. The zero-order valence-corrected chi connectivity index (χ0v) is 26.1. The maximum Gasteiger partial charge on any atom is 0.337 e. The predicted molar refractivity (Wildman–Crippen MR) is 166 cm³/mol. The number of benzene rings is 2. The number of halogens is 1. The number of ether oxygens (including phenoxy) is 1. The van der Waals surface area contributed by atoms with E-state index < -0.39 is 17.7 Å². The molecule has 10 heteroatoms. The number of anilines is 1. The fourth-order valence-electron chi connectivity index (χ4n) is 5.09. The summed E-state index contributed by atoms with van der Waals surface area (Å²) in [5, 5.41) is 14.8. The Balaban J connectivity index is 1.59. The molecule has 0 radical (unpaired) electrons. The van der Waals surface area contributed by atoms with Gasteiger partial charge in [0.05, 0.1) is 15.8 Å². The predicted octanol–water partition coefficient (Wildman–Crippen LogP) is 7.52. The zero-order valence-electron chi connectivity index (χ0n) is 23.7. The monoisotopic (exact) mass is 598 g/mol. The van der Waals surface area contributed by atoms with Gasteiger partial charge in [-0.15, -0.1) is 22.7 Å². The number of carbonyl (C=O) groups is 1. The first-order chi connectivity index (χ1) is 18.9. The van der Waals surface area contributed by atoms with Crippen molar-refractivity contribution in [3.8, 4) is 21.8 Å². The highest BCUT2D eigenvalue weighted by molar-refractivity contribution is 7.22. The molecule has 212 valence electrons. The molecule has 1 atom stereocenters. The van der Waals surface area contributed by atoms with Crippen molar-refractivity contribution >= 4 is 55.6 Å². The number of nitrogens with zero attached hydrogens (tertiary/aromatic N) is 4. The van der Waals surface area contributed by atoms with E-state index in [0.29, 0.717) is 16.6 Å². The second-order valence-electron chi connectivity index (χ2n) is 11.4. The van der Waals surface area contributed by atoms with Crippen LogP contribution in [0.2, 0.25) is 5.02 Å². The Morgan fingerprint density at radius 1 is 1.10 bits per heavy atom. The van der Waals surface area contributed by atoms with E-state index in [1.807, 2.05) is 58.0 Å². The molecule has 2 aromatic carbocycles. The van der Waals surface area contributed by atoms with Crippen LogP contribution in [0.5, 0.6) is 0 Å². The van der Waals surface area contributed by atoms with Crippen molar-refractivity contribution in [1.29, 1.82) is 0 Å². The van der Waals surface area contributed by atoms with Gasteiger partial charge in [0, 0.05) is 53.8 Å². The van der Waals surface area contributed by atoms with E-state index in [0.717, 1.165) is 68.9 Å². The molecular weight excluding hydrogens is 564 g/mol. The largest absolute Gasteiger partial charge is 0.479 e. The summed E-state index contributed by atoms with van der Waals surface area (Å²) in [5.74, 6) is -1.03. The lowest BCUT2D eigenvalue weighted by Crippen LogP contribution is -2.48. The number of hydrogen-bond acceptors (Lipinski definition) is 8. The van der Waals surface area contributed by atoms with Gasteiger partial charge >= 0.3 is 5.97 Å². The Morgan fingerprint density at radius 2 is 1.77 bits per heavy atom. The Kier molecular flexibility index (Phi) is 8.23. The average Bonchev–Trinajstić information content (AvgIpc) is 3.54. The molecule has 0 spiro atoms. The van der Waals surface area contributed by atoms with Gasteiger partial charge in [-0.05, 0) is 70.9 Å². The zero-order chi connectivity index (χ0) is 28.8. The highest BCUT2D eigenvalue weighted by Gasteiger charge is 2.32. The molecule has 5 rings (SSSR count). The van der Waals surface area contributed by atoms with Gasteiger partial charge in [-0.25, -0.2) is 14.8 Å². The second-order valence-corrected chi connectivity index (χ2v) is 13.7. The summed E-state index contributed by atoms with van der Waals surface area (Å²) >= 11 is 9.40. The maximum absolute atomic E-state index is 12.6. The van der Waals surface area contributed by atoms with Crippen LogP contribution in [-0.2, 0) is 9.53 Å². The van der Waals surface area contributed by atoms with Crippen LogP contribution in [0.1, 0.15) is 51.8 Å². The van der Waals surface area contributed by atoms with Gasteiger partial charge < -0.3 is 14.7 Å². The van der Waals surface area contributed by atoms with Crippen molar-refractivity contribution < 1.29 is 14.6 Å². The summed E-state index contributed by atoms with van der Waals surface area (Å²) in [5.41, 5.74) is 4.13. The topological polar surface area (TPSA) is 78.8 Å². The van der Waals surface area contributed by atoms with Gasteiger partial charge in [-0.3, -0.25) is 4.90 Å². The van der Waals surface area contributed by atoms with E-state index in [2.05, 4.69) is 29.0 Å². The Morgan fingerprint density at radius 3 is 2.38 bits per heavy atom. The van der Waals surface area contributed by atoms with Gasteiger partial charge in [-0.2, -0.15) is 0 Å². The SMILES string of the molecule is Cc1cc2nc(-c3csc(N4CCN(C(C)C)CC4)n3)sc2c(-c2ccc(Cl)cc2)c1C(OC(C)(C)C)C(=O)O. The molecule has 0 aliphatic carbocycles. The molecule has 1 fully saturated rings. The average molecular weight is 599 g/mol. The number of fused-ring (bicyclic) bond motifs is 1. The van der Waals surface area contributed by atoms with Crippen LogP contribution in [0.25, 0.3) is 32.0 Å².